The van der Waals surface area contributed by atoms with E-state index in [9.17, 15) is 0 Å². The summed E-state index contributed by atoms with van der Waals surface area (Å²) >= 11 is 1.86. The van der Waals surface area contributed by atoms with E-state index in [1.54, 1.807) is 13.4 Å². The average molecular weight is 369 g/mol. The average Bonchev–Trinajstić information content (AvgIpc) is 3.10. The smallest absolute Gasteiger partial charge is 0.142 e. The Bertz CT molecular complexity index is 906. The second-order valence-electron chi connectivity index (χ2n) is 6.81. The molecule has 1 aliphatic rings. The predicted molar refractivity (Wildman–Crippen MR) is 105 cm³/mol. The standard InChI is InChI=1S/C19H23N5OS/c1-12-17(25-3)8-15(9-21-12)26-10-13-6-14(7-13)24(2)19-16-4-5-20-18(16)22-11-23-19/h4-5,8-9,11,13-14H,6-7,10H2,1-3H3,(H,20,22,23)/t13-,14+. The van der Waals surface area contributed by atoms with Crippen LogP contribution in [0.1, 0.15) is 18.5 Å². The number of anilines is 1. The molecule has 0 bridgehead atoms. The molecule has 0 radical (unpaired) electrons. The molecule has 0 unspecified atom stereocenters. The van der Waals surface area contributed by atoms with Gasteiger partial charge in [-0.05, 0) is 37.8 Å². The van der Waals surface area contributed by atoms with Crippen molar-refractivity contribution in [3.63, 3.8) is 0 Å². The van der Waals surface area contributed by atoms with Gasteiger partial charge in [-0.15, -0.1) is 11.8 Å². The van der Waals surface area contributed by atoms with Crippen LogP contribution in [-0.2, 0) is 0 Å². The lowest BCUT2D eigenvalue weighted by Crippen LogP contribution is -2.43. The van der Waals surface area contributed by atoms with Gasteiger partial charge in [0, 0.05) is 36.1 Å². The first-order chi connectivity index (χ1) is 12.7. The summed E-state index contributed by atoms with van der Waals surface area (Å²) in [7, 11) is 3.83. The van der Waals surface area contributed by atoms with Crippen molar-refractivity contribution < 1.29 is 4.74 Å². The van der Waals surface area contributed by atoms with Crippen molar-refractivity contribution in [1.29, 1.82) is 0 Å². The molecular formula is C19H23N5OS. The van der Waals surface area contributed by atoms with Crippen LogP contribution in [0.5, 0.6) is 5.75 Å². The number of H-pyrrole nitrogens is 1. The van der Waals surface area contributed by atoms with E-state index >= 15 is 0 Å². The fraction of sp³-hybridized carbons (Fsp3) is 0.421. The molecule has 1 fully saturated rings. The molecule has 1 aliphatic carbocycles. The van der Waals surface area contributed by atoms with E-state index in [2.05, 4.69) is 37.9 Å². The van der Waals surface area contributed by atoms with Crippen LogP contribution in [0.25, 0.3) is 11.0 Å². The van der Waals surface area contributed by atoms with Gasteiger partial charge >= 0.3 is 0 Å². The Balaban J connectivity index is 1.33. The summed E-state index contributed by atoms with van der Waals surface area (Å²) in [5, 5.41) is 1.09. The first-order valence-electron chi connectivity index (χ1n) is 8.80. The maximum atomic E-state index is 5.36. The zero-order chi connectivity index (χ0) is 18.1. The van der Waals surface area contributed by atoms with Crippen molar-refractivity contribution in [2.24, 2.45) is 5.92 Å². The normalized spacial score (nSPS) is 19.3. The molecular weight excluding hydrogens is 346 g/mol. The SMILES string of the molecule is COc1cc(SC[C@H]2C[C@@H](N(C)c3ncnc4[nH]ccc34)C2)cnc1C. The van der Waals surface area contributed by atoms with Crippen molar-refractivity contribution in [2.75, 3.05) is 24.8 Å². The summed E-state index contributed by atoms with van der Waals surface area (Å²) in [5.74, 6) is 3.71. The number of rotatable bonds is 6. The predicted octanol–water partition coefficient (Wildman–Crippen LogP) is 3.68. The molecule has 0 spiro atoms. The number of thioether (sulfide) groups is 1. The zero-order valence-electron chi connectivity index (χ0n) is 15.3. The lowest BCUT2D eigenvalue weighted by molar-refractivity contribution is 0.286. The molecule has 7 heteroatoms. The van der Waals surface area contributed by atoms with Gasteiger partial charge in [-0.3, -0.25) is 4.98 Å². The van der Waals surface area contributed by atoms with Crippen molar-refractivity contribution in [2.45, 2.75) is 30.7 Å². The fourth-order valence-electron chi connectivity index (χ4n) is 3.46. The molecule has 0 amide bonds. The number of hydrogen-bond donors (Lipinski definition) is 1. The fourth-order valence-corrected chi connectivity index (χ4v) is 4.48. The molecule has 0 aliphatic heterocycles. The molecule has 3 heterocycles. The highest BCUT2D eigenvalue weighted by molar-refractivity contribution is 7.99. The number of fused-ring (bicyclic) bond motifs is 1. The van der Waals surface area contributed by atoms with Crippen LogP contribution in [0, 0.1) is 12.8 Å². The van der Waals surface area contributed by atoms with Crippen molar-refractivity contribution >= 4 is 28.6 Å². The number of aromatic nitrogens is 4. The first kappa shape index (κ1) is 17.1. The maximum absolute atomic E-state index is 5.36. The summed E-state index contributed by atoms with van der Waals surface area (Å²) in [6.45, 7) is 1.97. The van der Waals surface area contributed by atoms with Gasteiger partial charge in [0.15, 0.2) is 0 Å². The van der Waals surface area contributed by atoms with Crippen molar-refractivity contribution in [3.05, 3.63) is 36.5 Å². The Labute approximate surface area is 157 Å². The lowest BCUT2D eigenvalue weighted by atomic mass is 9.81. The molecule has 3 aromatic heterocycles. The number of aromatic amines is 1. The topological polar surface area (TPSA) is 66.9 Å². The summed E-state index contributed by atoms with van der Waals surface area (Å²) in [4.78, 5) is 19.8. The number of ether oxygens (including phenoxy) is 1. The van der Waals surface area contributed by atoms with Gasteiger partial charge in [0.1, 0.15) is 23.5 Å². The monoisotopic (exact) mass is 369 g/mol. The summed E-state index contributed by atoms with van der Waals surface area (Å²) < 4.78 is 5.36. The Morgan fingerprint density at radius 3 is 2.96 bits per heavy atom. The summed E-state index contributed by atoms with van der Waals surface area (Å²) in [6.07, 6.45) is 7.87. The van der Waals surface area contributed by atoms with Gasteiger partial charge in [-0.25, -0.2) is 9.97 Å². The number of aryl methyl sites for hydroxylation is 1. The van der Waals surface area contributed by atoms with E-state index in [-0.39, 0.29) is 0 Å². The number of hydrogen-bond acceptors (Lipinski definition) is 6. The van der Waals surface area contributed by atoms with Crippen molar-refractivity contribution in [3.8, 4) is 5.75 Å². The molecule has 1 N–H and O–H groups in total. The second-order valence-corrected chi connectivity index (χ2v) is 7.90. The van der Waals surface area contributed by atoms with Crippen LogP contribution in [0.15, 0.2) is 35.7 Å². The molecule has 0 atom stereocenters. The van der Waals surface area contributed by atoms with Crippen LogP contribution in [-0.4, -0.2) is 45.9 Å². The highest BCUT2D eigenvalue weighted by Crippen LogP contribution is 2.38. The van der Waals surface area contributed by atoms with Crippen LogP contribution in [0.3, 0.4) is 0 Å². The number of pyridine rings is 1. The Morgan fingerprint density at radius 1 is 1.31 bits per heavy atom. The molecule has 1 saturated carbocycles. The van der Waals surface area contributed by atoms with E-state index in [1.165, 1.54) is 17.7 Å². The van der Waals surface area contributed by atoms with Crippen LogP contribution in [0.4, 0.5) is 5.82 Å². The van der Waals surface area contributed by atoms with Gasteiger partial charge < -0.3 is 14.6 Å². The lowest BCUT2D eigenvalue weighted by Gasteiger charge is -2.41. The highest BCUT2D eigenvalue weighted by atomic mass is 32.2. The summed E-state index contributed by atoms with van der Waals surface area (Å²) in [6, 6.07) is 4.67. The Kier molecular flexibility index (Phi) is 4.72. The van der Waals surface area contributed by atoms with Crippen LogP contribution < -0.4 is 9.64 Å². The minimum absolute atomic E-state index is 0.541. The third-order valence-electron chi connectivity index (χ3n) is 5.15. The molecule has 3 aromatic rings. The summed E-state index contributed by atoms with van der Waals surface area (Å²) in [5.41, 5.74) is 1.83. The first-order valence-corrected chi connectivity index (χ1v) is 9.78. The highest BCUT2D eigenvalue weighted by Gasteiger charge is 2.33. The molecule has 6 nitrogen and oxygen atoms in total. The number of nitrogens with one attached hydrogen (secondary N) is 1. The van der Waals surface area contributed by atoms with Crippen molar-refractivity contribution in [1.82, 2.24) is 19.9 Å². The minimum atomic E-state index is 0.541. The largest absolute Gasteiger partial charge is 0.495 e. The Morgan fingerprint density at radius 2 is 2.15 bits per heavy atom. The van der Waals surface area contributed by atoms with Gasteiger partial charge in [0.05, 0.1) is 18.2 Å². The van der Waals surface area contributed by atoms with Gasteiger partial charge in [-0.1, -0.05) is 0 Å². The van der Waals surface area contributed by atoms with E-state index in [1.807, 2.05) is 37.1 Å². The van der Waals surface area contributed by atoms with Crippen LogP contribution >= 0.6 is 11.8 Å². The minimum Gasteiger partial charge on any atom is -0.495 e. The second kappa shape index (κ2) is 7.15. The van der Waals surface area contributed by atoms with Gasteiger partial charge in [-0.2, -0.15) is 0 Å². The third kappa shape index (κ3) is 3.23. The van der Waals surface area contributed by atoms with E-state index in [0.717, 1.165) is 40.0 Å². The molecule has 26 heavy (non-hydrogen) atoms. The van der Waals surface area contributed by atoms with Crippen LogP contribution in [0.2, 0.25) is 0 Å². The van der Waals surface area contributed by atoms with Gasteiger partial charge in [0.2, 0.25) is 0 Å². The molecule has 0 aromatic carbocycles. The molecule has 0 saturated heterocycles. The van der Waals surface area contributed by atoms with E-state index in [0.29, 0.717) is 6.04 Å². The number of methoxy groups -OCH3 is 1. The molecule has 4 rings (SSSR count). The quantitative estimate of drug-likeness (QED) is 0.669. The maximum Gasteiger partial charge on any atom is 0.142 e. The third-order valence-corrected chi connectivity index (χ3v) is 6.34. The number of nitrogens with zero attached hydrogens (tertiary/aromatic N) is 4. The van der Waals surface area contributed by atoms with Gasteiger partial charge in [0.25, 0.3) is 0 Å². The Hall–Kier alpha value is -2.28. The molecule has 136 valence electrons. The van der Waals surface area contributed by atoms with E-state index in [4.69, 9.17) is 4.74 Å². The zero-order valence-corrected chi connectivity index (χ0v) is 16.1. The van der Waals surface area contributed by atoms with E-state index < -0.39 is 0 Å².